The van der Waals surface area contributed by atoms with Crippen molar-refractivity contribution in [3.63, 3.8) is 0 Å². The number of aryl methyl sites for hydroxylation is 10. The van der Waals surface area contributed by atoms with Gasteiger partial charge in [0, 0.05) is 66.1 Å². The molecule has 0 fully saturated rings. The van der Waals surface area contributed by atoms with Crippen molar-refractivity contribution >= 4 is 158 Å². The Morgan fingerprint density at radius 3 is 1.04 bits per heavy atom. The van der Waals surface area contributed by atoms with Gasteiger partial charge in [0.1, 0.15) is 68.8 Å². The van der Waals surface area contributed by atoms with Gasteiger partial charge in [-0.1, -0.05) is 48.5 Å². The van der Waals surface area contributed by atoms with Gasteiger partial charge in [0.2, 0.25) is 11.8 Å². The number of rotatable bonds is 26. The zero-order valence-electron chi connectivity index (χ0n) is 70.0. The van der Waals surface area contributed by atoms with Crippen LogP contribution in [-0.4, -0.2) is 84.2 Å². The molecule has 8 aromatic heterocycles. The Morgan fingerprint density at radius 1 is 0.379 bits per heavy atom. The lowest BCUT2D eigenvalue weighted by atomic mass is 10.1. The van der Waals surface area contributed by atoms with Gasteiger partial charge in [-0.2, -0.15) is 52.7 Å². The normalized spacial score (nSPS) is 11.9. The third-order valence-electron chi connectivity index (χ3n) is 19.5. The molecule has 688 valence electrons. The molecule has 42 heteroatoms. The van der Waals surface area contributed by atoms with Crippen LogP contribution < -0.4 is 9.47 Å². The quantitative estimate of drug-likeness (QED) is 0.0289. The number of ether oxygens (including phenoxy) is 2. The summed E-state index contributed by atoms with van der Waals surface area (Å²) in [5.74, 6) is -4.35. The third kappa shape index (κ3) is 24.4. The van der Waals surface area contributed by atoms with Gasteiger partial charge in [0.05, 0.1) is 98.1 Å². The van der Waals surface area contributed by atoms with Gasteiger partial charge in [-0.3, -0.25) is 19.2 Å². The highest BCUT2D eigenvalue weighted by Crippen LogP contribution is 2.45. The van der Waals surface area contributed by atoms with Crippen LogP contribution in [0.1, 0.15) is 121 Å². The van der Waals surface area contributed by atoms with E-state index in [1.165, 1.54) is 104 Å². The molecule has 0 amide bonds. The van der Waals surface area contributed by atoms with E-state index in [-0.39, 0.29) is 56.2 Å². The molecule has 132 heavy (non-hydrogen) atoms. The number of carboxylic acids is 4. The fraction of sp³-hybridized carbons (Fsp3) is 0.244. The van der Waals surface area contributed by atoms with Crippen molar-refractivity contribution in [1.29, 1.82) is 0 Å². The Morgan fingerprint density at radius 2 is 0.712 bits per heavy atom. The first-order valence-electron chi connectivity index (χ1n) is 39.2. The number of carboxylic acid groups (broad SMARTS) is 4. The topological polar surface area (TPSA) is 297 Å². The van der Waals surface area contributed by atoms with Gasteiger partial charge in [0.15, 0.2) is 22.7 Å². The predicted octanol–water partition coefficient (Wildman–Crippen LogP) is 26.6. The average Bonchev–Trinajstić information content (AvgIpc) is 1.63. The maximum atomic E-state index is 14.0. The van der Waals surface area contributed by atoms with Crippen LogP contribution >= 0.6 is 91.5 Å². The molecule has 4 N–H and O–H groups in total. The maximum absolute atomic E-state index is 14.0. The highest BCUT2D eigenvalue weighted by molar-refractivity contribution is 7.99. The molecule has 0 bridgehead atoms. The Kier molecular flexibility index (Phi) is 30.2. The highest BCUT2D eigenvalue weighted by Gasteiger charge is 2.37. The molecular formula is C90H70F14N8O12S8. The number of hydrogen-bond acceptors (Lipinski definition) is 24. The summed E-state index contributed by atoms with van der Waals surface area (Å²) in [4.78, 5) is 84.6. The molecule has 8 heterocycles. The van der Waals surface area contributed by atoms with Crippen LogP contribution in [0.3, 0.4) is 0 Å². The van der Waals surface area contributed by atoms with Gasteiger partial charge in [-0.05, 0) is 163 Å². The number of oxazole rings is 2. The Bertz CT molecular complexity index is 6990. The maximum Gasteiger partial charge on any atom is 0.419 e. The smallest absolute Gasteiger partial charge is 0.419 e. The zero-order valence-corrected chi connectivity index (χ0v) is 76.5. The number of nitrogens with zero attached hydrogens (tertiary/aromatic N) is 8. The molecule has 20 nitrogen and oxygen atoms in total. The van der Waals surface area contributed by atoms with Gasteiger partial charge >= 0.3 is 48.6 Å². The van der Waals surface area contributed by atoms with Gasteiger partial charge in [-0.25, -0.2) is 48.7 Å². The number of thiazole rings is 6. The number of hydrogen-bond donors (Lipinski definition) is 4. The monoisotopic (exact) mass is 1980 g/mol. The van der Waals surface area contributed by atoms with Crippen molar-refractivity contribution in [1.82, 2.24) is 39.9 Å². The number of fused-ring (bicyclic) bond motifs is 4. The molecule has 0 aliphatic rings. The van der Waals surface area contributed by atoms with E-state index < -0.39 is 82.5 Å². The molecule has 0 saturated heterocycles. The van der Waals surface area contributed by atoms with Crippen LogP contribution in [0.4, 0.5) is 61.5 Å². The highest BCUT2D eigenvalue weighted by atomic mass is 32.2. The molecule has 0 atom stereocenters. The Balaban J connectivity index is 0.000000150. The molecular weight excluding hydrogens is 1910 g/mol. The number of halogens is 14. The molecule has 16 aromatic rings. The summed E-state index contributed by atoms with van der Waals surface area (Å²) in [5.41, 5.74) is 7.80. The van der Waals surface area contributed by atoms with Gasteiger partial charge < -0.3 is 38.7 Å². The second-order valence-electron chi connectivity index (χ2n) is 29.5. The molecule has 0 saturated carbocycles. The van der Waals surface area contributed by atoms with Crippen molar-refractivity contribution in [2.75, 3.05) is 0 Å². The van der Waals surface area contributed by atoms with Crippen molar-refractivity contribution in [3.05, 3.63) is 254 Å². The number of alkyl halides is 12. The Labute approximate surface area is 772 Å². The molecule has 0 unspecified atom stereocenters. The lowest BCUT2D eigenvalue weighted by Gasteiger charge is -2.08. The molecule has 8 aromatic carbocycles. The van der Waals surface area contributed by atoms with E-state index in [9.17, 15) is 80.6 Å². The van der Waals surface area contributed by atoms with Gasteiger partial charge in [0.25, 0.3) is 0 Å². The minimum Gasteiger partial charge on any atom is -0.484 e. The van der Waals surface area contributed by atoms with E-state index in [0.29, 0.717) is 117 Å². The number of benzene rings is 8. The summed E-state index contributed by atoms with van der Waals surface area (Å²) in [6.45, 7) is 15.1. The van der Waals surface area contributed by atoms with Gasteiger partial charge in [-0.15, -0.1) is 91.5 Å². The van der Waals surface area contributed by atoms with E-state index in [2.05, 4.69) is 45.9 Å². The van der Waals surface area contributed by atoms with E-state index >= 15 is 0 Å². The largest absolute Gasteiger partial charge is 0.484 e. The Hall–Kier alpha value is -11.8. The predicted molar refractivity (Wildman–Crippen MR) is 478 cm³/mol. The van der Waals surface area contributed by atoms with Crippen LogP contribution in [0.2, 0.25) is 0 Å². The average molecular weight is 1980 g/mol. The number of thioether (sulfide) groups is 2. The fourth-order valence-corrected chi connectivity index (χ4v) is 21.8. The van der Waals surface area contributed by atoms with Crippen molar-refractivity contribution in [2.45, 2.75) is 153 Å². The molecule has 0 spiro atoms. The first kappa shape index (κ1) is 97.7. The number of carbonyl (C=O) groups is 4. The standard InChI is InChI=1S/C23H18F4N2O2S3.C23H19F3N2O2S3.C22H16F4N2O4S.C22H17F3N2O4S/c1-11-3-6-16(21-20(11)29-18(34-21)7-8-19(30)31)32-10-17-12(2)28-22(33-17)13-4-5-14(15(24)9-13)23(25,26)27;1-12-3-8-16(21-20(12)28-18(33-21)9-10-19(29)30)31-11-17-13(2)27-22(32-17)14-4-6-15(7-5-14)23(24,25)26;1-10-5-15-20(32-18(28-15)8-19(29)30)16(6-10)31-9-17-11(2)27-21(33-17)12-3-4-13(14(23)7-12)22(24,25)26;1-11-7-15-20(31-18(27-15)9-19(28)29)16(8-11)30-10-17-12(2)26-21(32-17)13-3-5-14(6-4-13)22(23,24)25/h3-6,9H,7-8,10H2,1-2H3,(H,30,31);3-8H,9-11H2,1-2H3,(H,29,30);3-7H,8-9H2,1-2H3,(H,29,30);3-8H,9-10H2,1-2H3,(H,28,29). The molecule has 0 radical (unpaired) electrons. The van der Waals surface area contributed by atoms with Crippen LogP contribution in [0.15, 0.2) is 152 Å². The summed E-state index contributed by atoms with van der Waals surface area (Å²) < 4.78 is 207. The zero-order chi connectivity index (χ0) is 95.3. The van der Waals surface area contributed by atoms with Crippen molar-refractivity contribution in [2.24, 2.45) is 0 Å². The van der Waals surface area contributed by atoms with Crippen LogP contribution in [0.5, 0.6) is 11.5 Å². The van der Waals surface area contributed by atoms with E-state index in [0.717, 1.165) is 131 Å². The van der Waals surface area contributed by atoms with Crippen molar-refractivity contribution < 1.29 is 119 Å². The number of aliphatic carboxylic acids is 4. The minimum atomic E-state index is -4.77. The van der Waals surface area contributed by atoms with Crippen LogP contribution in [0.25, 0.3) is 84.9 Å². The van der Waals surface area contributed by atoms with E-state index in [1.807, 2.05) is 59.7 Å². The van der Waals surface area contributed by atoms with Crippen molar-refractivity contribution in [3.8, 4) is 53.8 Å². The summed E-state index contributed by atoms with van der Waals surface area (Å²) in [5, 5.41) is 39.5. The third-order valence-corrected chi connectivity index (χ3v) is 29.3. The second-order valence-corrected chi connectivity index (χ2v) is 38.0. The number of aromatic nitrogens is 8. The lowest BCUT2D eigenvalue weighted by molar-refractivity contribution is -0.140. The molecule has 16 rings (SSSR count). The van der Waals surface area contributed by atoms with E-state index in [4.69, 9.17) is 38.7 Å². The summed E-state index contributed by atoms with van der Waals surface area (Å²) in [7, 11) is 0. The molecule has 0 aliphatic carbocycles. The minimum absolute atomic E-state index is 0.0225. The lowest BCUT2D eigenvalue weighted by Crippen LogP contribution is -2.07. The second kappa shape index (κ2) is 40.7. The summed E-state index contributed by atoms with van der Waals surface area (Å²) in [6.07, 6.45) is -18.1. The summed E-state index contributed by atoms with van der Waals surface area (Å²) >= 11 is 11.5. The first-order chi connectivity index (χ1) is 62.2. The van der Waals surface area contributed by atoms with E-state index in [1.54, 1.807) is 61.6 Å². The SMILES string of the molecule is Cc1cc(OCc2sc(-c3ccc(C(F)(F)F)c(F)c3)nc2C)c2oc(CC(=O)O)nc2c1.Cc1cc(OCc2sc(-c3ccc(C(F)(F)F)cc3)nc2C)c2oc(CC(=O)O)nc2c1.Cc1nc(-c2ccc(C(F)(F)F)c(F)c2)sc1CSc1ccc(C)c2nc(CCC(=O)O)sc12.Cc1nc(-c2ccc(C(F)(F)F)cc2)sc1CSc1ccc(C)c2nc(CCC(=O)O)sc12. The first-order valence-corrected chi connectivity index (χ1v) is 46.0. The molecule has 0 aliphatic heterocycles. The van der Waals surface area contributed by atoms with Crippen LogP contribution in [-0.2, 0) is 94.3 Å². The van der Waals surface area contributed by atoms with Crippen LogP contribution in [0, 0.1) is 67.0 Å². The fourth-order valence-electron chi connectivity index (χ4n) is 12.8. The summed E-state index contributed by atoms with van der Waals surface area (Å²) in [6, 6.07) is 30.5.